The first-order valence-corrected chi connectivity index (χ1v) is 11.1. The number of nitrogens with zero attached hydrogens (tertiary/aromatic N) is 1. The minimum atomic E-state index is -3.43. The summed E-state index contributed by atoms with van der Waals surface area (Å²) in [4.78, 5) is 0.301. The van der Waals surface area contributed by atoms with Crippen molar-refractivity contribution in [1.29, 1.82) is 0 Å². The maximum atomic E-state index is 12.5. The van der Waals surface area contributed by atoms with Gasteiger partial charge in [0.25, 0.3) is 0 Å². The van der Waals surface area contributed by atoms with Crippen molar-refractivity contribution in [1.82, 2.24) is 9.62 Å². The fourth-order valence-corrected chi connectivity index (χ4v) is 4.30. The first-order chi connectivity index (χ1) is 13.4. The molecule has 2 aromatic rings. The van der Waals surface area contributed by atoms with Crippen molar-refractivity contribution in [3.05, 3.63) is 54.1 Å². The molecule has 0 fully saturated rings. The maximum absolute atomic E-state index is 12.5. The van der Waals surface area contributed by atoms with E-state index in [9.17, 15) is 8.42 Å². The van der Waals surface area contributed by atoms with E-state index >= 15 is 0 Å². The molecule has 2 N–H and O–H groups in total. The highest BCUT2D eigenvalue weighted by molar-refractivity contribution is 7.89. The Labute approximate surface area is 173 Å². The van der Waals surface area contributed by atoms with E-state index in [1.54, 1.807) is 24.3 Å². The van der Waals surface area contributed by atoms with Crippen molar-refractivity contribution in [3.8, 4) is 5.75 Å². The summed E-state index contributed by atoms with van der Waals surface area (Å²) < 4.78 is 31.9. The molecule has 8 heteroatoms. The number of ether oxygens (including phenoxy) is 1. The first-order valence-electron chi connectivity index (χ1n) is 9.27. The van der Waals surface area contributed by atoms with Crippen LogP contribution in [0.3, 0.4) is 0 Å². The number of hydrogen-bond donors (Lipinski definition) is 2. The van der Waals surface area contributed by atoms with Gasteiger partial charge in [-0.05, 0) is 61.1 Å². The number of nitrogens with one attached hydrogen (secondary N) is 2. The molecule has 0 radical (unpaired) electrons. The van der Waals surface area contributed by atoms with Gasteiger partial charge in [-0.15, -0.1) is 0 Å². The SMILES string of the molecule is CCOc1ccc(NC(=S)NCc2ccc(S(=O)(=O)N(CC)CC)cc2)cc1. The first kappa shape index (κ1) is 22.1. The molecule has 0 amide bonds. The fourth-order valence-electron chi connectivity index (χ4n) is 2.65. The summed E-state index contributed by atoms with van der Waals surface area (Å²) in [7, 11) is -3.43. The van der Waals surface area contributed by atoms with E-state index in [1.165, 1.54) is 4.31 Å². The van der Waals surface area contributed by atoms with Gasteiger partial charge in [0.05, 0.1) is 11.5 Å². The number of rotatable bonds is 9. The molecule has 2 rings (SSSR count). The van der Waals surface area contributed by atoms with Crippen LogP contribution in [0.2, 0.25) is 0 Å². The largest absolute Gasteiger partial charge is 0.494 e. The topological polar surface area (TPSA) is 70.7 Å². The molecule has 0 aliphatic rings. The Balaban J connectivity index is 1.91. The average molecular weight is 422 g/mol. The third-order valence-electron chi connectivity index (χ3n) is 4.14. The van der Waals surface area contributed by atoms with Gasteiger partial charge in [0.2, 0.25) is 10.0 Å². The van der Waals surface area contributed by atoms with Crippen molar-refractivity contribution in [2.75, 3.05) is 25.0 Å². The van der Waals surface area contributed by atoms with Crippen LogP contribution in [-0.2, 0) is 16.6 Å². The van der Waals surface area contributed by atoms with Crippen molar-refractivity contribution in [3.63, 3.8) is 0 Å². The molecular formula is C20H27N3O3S2. The number of sulfonamides is 1. The van der Waals surface area contributed by atoms with Crippen LogP contribution >= 0.6 is 12.2 Å². The fraction of sp³-hybridized carbons (Fsp3) is 0.350. The van der Waals surface area contributed by atoms with E-state index in [4.69, 9.17) is 17.0 Å². The Morgan fingerprint density at radius 2 is 1.61 bits per heavy atom. The lowest BCUT2D eigenvalue weighted by Crippen LogP contribution is -2.30. The van der Waals surface area contributed by atoms with Crippen LogP contribution in [0.4, 0.5) is 5.69 Å². The molecule has 28 heavy (non-hydrogen) atoms. The molecule has 152 valence electrons. The predicted molar refractivity (Wildman–Crippen MR) is 117 cm³/mol. The smallest absolute Gasteiger partial charge is 0.243 e. The maximum Gasteiger partial charge on any atom is 0.243 e. The van der Waals surface area contributed by atoms with Crippen LogP contribution in [0, 0.1) is 0 Å². The Hall–Kier alpha value is -2.16. The molecular weight excluding hydrogens is 394 g/mol. The second kappa shape index (κ2) is 10.4. The highest BCUT2D eigenvalue weighted by Gasteiger charge is 2.21. The van der Waals surface area contributed by atoms with Gasteiger partial charge in [-0.1, -0.05) is 26.0 Å². The molecule has 0 unspecified atom stereocenters. The van der Waals surface area contributed by atoms with Crippen LogP contribution in [-0.4, -0.2) is 37.5 Å². The normalized spacial score (nSPS) is 11.3. The van der Waals surface area contributed by atoms with Crippen molar-refractivity contribution >= 4 is 33.0 Å². The van der Waals surface area contributed by atoms with Crippen LogP contribution in [0.1, 0.15) is 26.3 Å². The van der Waals surface area contributed by atoms with E-state index in [0.29, 0.717) is 36.2 Å². The van der Waals surface area contributed by atoms with Gasteiger partial charge < -0.3 is 15.4 Å². The zero-order chi connectivity index (χ0) is 20.6. The summed E-state index contributed by atoms with van der Waals surface area (Å²) in [5.41, 5.74) is 1.80. The molecule has 0 aliphatic heterocycles. The van der Waals surface area contributed by atoms with Gasteiger partial charge in [0.1, 0.15) is 5.75 Å². The van der Waals surface area contributed by atoms with Gasteiger partial charge in [-0.2, -0.15) is 4.31 Å². The average Bonchev–Trinajstić information content (AvgIpc) is 2.69. The molecule has 0 saturated carbocycles. The Kier molecular flexibility index (Phi) is 8.22. The summed E-state index contributed by atoms with van der Waals surface area (Å²) in [5, 5.41) is 6.72. The predicted octanol–water partition coefficient (Wildman–Crippen LogP) is 3.60. The molecule has 0 bridgehead atoms. The van der Waals surface area contributed by atoms with Gasteiger partial charge in [-0.25, -0.2) is 8.42 Å². The molecule has 0 saturated heterocycles. The minimum absolute atomic E-state index is 0.301. The van der Waals surface area contributed by atoms with E-state index in [1.807, 2.05) is 45.0 Å². The number of hydrogen-bond acceptors (Lipinski definition) is 4. The zero-order valence-electron chi connectivity index (χ0n) is 16.4. The quantitative estimate of drug-likeness (QED) is 0.603. The Morgan fingerprint density at radius 3 is 2.14 bits per heavy atom. The second-order valence-corrected chi connectivity index (χ2v) is 8.34. The lowest BCUT2D eigenvalue weighted by atomic mass is 10.2. The van der Waals surface area contributed by atoms with Gasteiger partial charge >= 0.3 is 0 Å². The molecule has 0 aromatic heterocycles. The van der Waals surface area contributed by atoms with Crippen LogP contribution in [0.25, 0.3) is 0 Å². The summed E-state index contributed by atoms with van der Waals surface area (Å²) in [6.07, 6.45) is 0. The van der Waals surface area contributed by atoms with Crippen LogP contribution < -0.4 is 15.4 Å². The highest BCUT2D eigenvalue weighted by Crippen LogP contribution is 2.17. The minimum Gasteiger partial charge on any atom is -0.494 e. The van der Waals surface area contributed by atoms with Crippen molar-refractivity contribution < 1.29 is 13.2 Å². The third kappa shape index (κ3) is 5.92. The summed E-state index contributed by atoms with van der Waals surface area (Å²) in [6, 6.07) is 14.4. The molecule has 2 aromatic carbocycles. The molecule has 6 nitrogen and oxygen atoms in total. The molecule has 0 heterocycles. The molecule has 0 atom stereocenters. The van der Waals surface area contributed by atoms with Crippen molar-refractivity contribution in [2.45, 2.75) is 32.2 Å². The second-order valence-electron chi connectivity index (χ2n) is 6.00. The van der Waals surface area contributed by atoms with Crippen molar-refractivity contribution in [2.24, 2.45) is 0 Å². The van der Waals surface area contributed by atoms with E-state index in [0.717, 1.165) is 17.0 Å². The van der Waals surface area contributed by atoms with E-state index in [-0.39, 0.29) is 0 Å². The monoisotopic (exact) mass is 421 g/mol. The zero-order valence-corrected chi connectivity index (χ0v) is 18.1. The Morgan fingerprint density at radius 1 is 1.00 bits per heavy atom. The highest BCUT2D eigenvalue weighted by atomic mass is 32.2. The Bertz CT molecular complexity index is 863. The lowest BCUT2D eigenvalue weighted by molar-refractivity contribution is 0.340. The van der Waals surface area contributed by atoms with Gasteiger partial charge in [0.15, 0.2) is 5.11 Å². The van der Waals surface area contributed by atoms with Gasteiger partial charge in [-0.3, -0.25) is 0 Å². The molecule has 0 aliphatic carbocycles. The number of benzene rings is 2. The standard InChI is InChI=1S/C20H27N3O3S2/c1-4-23(5-2)28(24,25)19-13-7-16(8-14-19)15-21-20(27)22-17-9-11-18(12-10-17)26-6-3/h7-14H,4-6,15H2,1-3H3,(H2,21,22,27). The number of anilines is 1. The molecule has 0 spiro atoms. The third-order valence-corrected chi connectivity index (χ3v) is 6.45. The summed E-state index contributed by atoms with van der Waals surface area (Å²) in [6.45, 7) is 7.63. The summed E-state index contributed by atoms with van der Waals surface area (Å²) >= 11 is 5.31. The van der Waals surface area contributed by atoms with Gasteiger partial charge in [0, 0.05) is 25.3 Å². The van der Waals surface area contributed by atoms with Crippen LogP contribution in [0.5, 0.6) is 5.75 Å². The van der Waals surface area contributed by atoms with E-state index in [2.05, 4.69) is 10.6 Å². The van der Waals surface area contributed by atoms with E-state index < -0.39 is 10.0 Å². The van der Waals surface area contributed by atoms with Crippen LogP contribution in [0.15, 0.2) is 53.4 Å². The number of thiocarbonyl (C=S) groups is 1. The lowest BCUT2D eigenvalue weighted by Gasteiger charge is -2.18. The summed E-state index contributed by atoms with van der Waals surface area (Å²) in [5.74, 6) is 0.812.